The minimum atomic E-state index is -0.892. The van der Waals surface area contributed by atoms with E-state index in [9.17, 15) is 14.4 Å². The van der Waals surface area contributed by atoms with Crippen LogP contribution in [0.1, 0.15) is 33.6 Å². The molecule has 0 aliphatic carbocycles. The number of urea groups is 1. The zero-order valence-corrected chi connectivity index (χ0v) is 12.3. The molecule has 116 valence electrons. The minimum Gasteiger partial charge on any atom is -0.481 e. The van der Waals surface area contributed by atoms with Crippen LogP contribution in [0.2, 0.25) is 0 Å². The average molecular weight is 288 g/mol. The molecule has 0 fully saturated rings. The minimum absolute atomic E-state index is 0.0952. The molecule has 7 nitrogen and oxygen atoms in total. The van der Waals surface area contributed by atoms with Gasteiger partial charge in [-0.25, -0.2) is 4.79 Å². The van der Waals surface area contributed by atoms with Crippen LogP contribution in [0.3, 0.4) is 0 Å². The lowest BCUT2D eigenvalue weighted by molar-refractivity contribution is -0.143. The summed E-state index contributed by atoms with van der Waals surface area (Å²) in [6.07, 6.45) is 1.07. The Morgan fingerprint density at radius 3 is 2.45 bits per heavy atom. The molecular weight excluding hydrogens is 264 g/mol. The Morgan fingerprint density at radius 2 is 1.95 bits per heavy atom. The van der Waals surface area contributed by atoms with Crippen molar-refractivity contribution in [3.8, 4) is 0 Å². The van der Waals surface area contributed by atoms with Gasteiger partial charge in [0.1, 0.15) is 6.54 Å². The van der Waals surface area contributed by atoms with Crippen molar-refractivity contribution in [2.45, 2.75) is 33.6 Å². The maximum atomic E-state index is 11.9. The summed E-state index contributed by atoms with van der Waals surface area (Å²) in [5.41, 5.74) is 0. The second kappa shape index (κ2) is 10.1. The lowest BCUT2D eigenvalue weighted by Crippen LogP contribution is -2.44. The van der Waals surface area contributed by atoms with E-state index in [1.165, 1.54) is 4.90 Å². The number of carboxylic acids is 1. The first kappa shape index (κ1) is 18.2. The Bertz CT molecular complexity index is 333. The lowest BCUT2D eigenvalue weighted by atomic mass is 10.1. The quantitative estimate of drug-likeness (QED) is 0.619. The molecule has 0 rings (SSSR count). The fourth-order valence-electron chi connectivity index (χ4n) is 1.52. The normalized spacial score (nSPS) is 11.6. The summed E-state index contributed by atoms with van der Waals surface area (Å²) in [5.74, 6) is -1.86. The summed E-state index contributed by atoms with van der Waals surface area (Å²) >= 11 is 0. The van der Waals surface area contributed by atoms with Gasteiger partial charge in [-0.1, -0.05) is 13.8 Å². The molecule has 0 radical (unpaired) electrons. The smallest absolute Gasteiger partial charge is 0.325 e. The van der Waals surface area contributed by atoms with E-state index in [-0.39, 0.29) is 25.7 Å². The molecule has 0 saturated heterocycles. The van der Waals surface area contributed by atoms with E-state index in [0.717, 1.165) is 6.42 Å². The molecule has 0 saturated carbocycles. The zero-order chi connectivity index (χ0) is 15.5. The highest BCUT2D eigenvalue weighted by atomic mass is 16.5. The standard InChI is InChI=1S/C13H24N2O5/c1-4-8-15(9-11(16)20-5-2)13(19)14-7-6-10(3)12(17)18/h10H,4-9H2,1-3H3,(H,14,19)(H,17,18). The summed E-state index contributed by atoms with van der Waals surface area (Å²) in [6, 6.07) is -0.377. The highest BCUT2D eigenvalue weighted by Gasteiger charge is 2.17. The first-order valence-electron chi connectivity index (χ1n) is 6.83. The van der Waals surface area contributed by atoms with Crippen molar-refractivity contribution in [1.29, 1.82) is 0 Å². The topological polar surface area (TPSA) is 95.9 Å². The third-order valence-corrected chi connectivity index (χ3v) is 2.68. The molecule has 0 aliphatic rings. The predicted octanol–water partition coefficient (Wildman–Crippen LogP) is 1.08. The number of amides is 2. The molecule has 2 amide bonds. The SMILES string of the molecule is CCCN(CC(=O)OCC)C(=O)NCCC(C)C(=O)O. The van der Waals surface area contributed by atoms with Gasteiger partial charge in [-0.3, -0.25) is 9.59 Å². The first-order valence-corrected chi connectivity index (χ1v) is 6.83. The number of esters is 1. The van der Waals surface area contributed by atoms with Crippen LogP contribution < -0.4 is 5.32 Å². The van der Waals surface area contributed by atoms with Gasteiger partial charge in [-0.15, -0.1) is 0 Å². The van der Waals surface area contributed by atoms with Gasteiger partial charge in [0.2, 0.25) is 0 Å². The van der Waals surface area contributed by atoms with Gasteiger partial charge in [0.15, 0.2) is 0 Å². The number of nitrogens with one attached hydrogen (secondary N) is 1. The maximum absolute atomic E-state index is 11.9. The number of hydrogen-bond donors (Lipinski definition) is 2. The molecule has 1 atom stereocenters. The number of aliphatic carboxylic acids is 1. The number of carbonyl (C=O) groups is 3. The third kappa shape index (κ3) is 7.60. The summed E-state index contributed by atoms with van der Waals surface area (Å²) < 4.78 is 4.80. The number of hydrogen-bond acceptors (Lipinski definition) is 4. The van der Waals surface area contributed by atoms with E-state index in [4.69, 9.17) is 9.84 Å². The Kier molecular flexibility index (Phi) is 9.15. The average Bonchev–Trinajstić information content (AvgIpc) is 2.38. The molecule has 7 heteroatoms. The van der Waals surface area contributed by atoms with Crippen LogP contribution in [-0.2, 0) is 14.3 Å². The number of carbonyl (C=O) groups excluding carboxylic acids is 2. The van der Waals surface area contributed by atoms with Crippen molar-refractivity contribution in [2.75, 3.05) is 26.2 Å². The number of carboxylic acid groups (broad SMARTS) is 1. The fraction of sp³-hybridized carbons (Fsp3) is 0.769. The molecule has 0 aliphatic heterocycles. The van der Waals surface area contributed by atoms with Crippen LogP contribution in [0.15, 0.2) is 0 Å². The highest BCUT2D eigenvalue weighted by Crippen LogP contribution is 2.00. The van der Waals surface area contributed by atoms with E-state index in [0.29, 0.717) is 13.0 Å². The Balaban J connectivity index is 4.21. The summed E-state index contributed by atoms with van der Waals surface area (Å²) in [6.45, 7) is 6.07. The first-order chi connectivity index (χ1) is 9.42. The Labute approximate surface area is 119 Å². The largest absolute Gasteiger partial charge is 0.481 e. The van der Waals surface area contributed by atoms with E-state index in [1.807, 2.05) is 6.92 Å². The van der Waals surface area contributed by atoms with Gasteiger partial charge in [0, 0.05) is 13.1 Å². The molecule has 20 heavy (non-hydrogen) atoms. The predicted molar refractivity (Wildman–Crippen MR) is 73.3 cm³/mol. The molecule has 0 spiro atoms. The Morgan fingerprint density at radius 1 is 1.30 bits per heavy atom. The van der Waals surface area contributed by atoms with Gasteiger partial charge in [-0.05, 0) is 19.8 Å². The van der Waals surface area contributed by atoms with E-state index in [2.05, 4.69) is 5.32 Å². The van der Waals surface area contributed by atoms with Gasteiger partial charge < -0.3 is 20.1 Å². The van der Waals surface area contributed by atoms with E-state index < -0.39 is 17.9 Å². The van der Waals surface area contributed by atoms with Crippen molar-refractivity contribution in [2.24, 2.45) is 5.92 Å². The van der Waals surface area contributed by atoms with Crippen molar-refractivity contribution in [1.82, 2.24) is 10.2 Å². The summed E-state index contributed by atoms with van der Waals surface area (Å²) in [5, 5.41) is 11.4. The Hall–Kier alpha value is -1.79. The second-order valence-corrected chi connectivity index (χ2v) is 4.49. The second-order valence-electron chi connectivity index (χ2n) is 4.49. The molecule has 0 aromatic rings. The molecule has 0 aromatic heterocycles. The molecule has 2 N–H and O–H groups in total. The van der Waals surface area contributed by atoms with Gasteiger partial charge >= 0.3 is 18.0 Å². The van der Waals surface area contributed by atoms with Crippen molar-refractivity contribution < 1.29 is 24.2 Å². The van der Waals surface area contributed by atoms with Gasteiger partial charge in [0.05, 0.1) is 12.5 Å². The fourth-order valence-corrected chi connectivity index (χ4v) is 1.52. The number of ether oxygens (including phenoxy) is 1. The van der Waals surface area contributed by atoms with Crippen LogP contribution in [0, 0.1) is 5.92 Å². The third-order valence-electron chi connectivity index (χ3n) is 2.68. The van der Waals surface area contributed by atoms with E-state index >= 15 is 0 Å². The summed E-state index contributed by atoms with van der Waals surface area (Å²) in [4.78, 5) is 35.3. The number of nitrogens with zero attached hydrogens (tertiary/aromatic N) is 1. The van der Waals surface area contributed by atoms with Gasteiger partial charge in [-0.2, -0.15) is 0 Å². The molecular formula is C13H24N2O5. The zero-order valence-electron chi connectivity index (χ0n) is 12.3. The molecule has 0 heterocycles. The number of rotatable bonds is 9. The molecule has 1 unspecified atom stereocenters. The monoisotopic (exact) mass is 288 g/mol. The van der Waals surface area contributed by atoms with Crippen LogP contribution in [0.4, 0.5) is 4.79 Å². The van der Waals surface area contributed by atoms with Crippen LogP contribution in [0.5, 0.6) is 0 Å². The lowest BCUT2D eigenvalue weighted by Gasteiger charge is -2.21. The van der Waals surface area contributed by atoms with Crippen molar-refractivity contribution in [3.63, 3.8) is 0 Å². The highest BCUT2D eigenvalue weighted by molar-refractivity contribution is 5.81. The van der Waals surface area contributed by atoms with Crippen LogP contribution in [-0.4, -0.2) is 54.2 Å². The van der Waals surface area contributed by atoms with Gasteiger partial charge in [0.25, 0.3) is 0 Å². The van der Waals surface area contributed by atoms with E-state index in [1.54, 1.807) is 13.8 Å². The maximum Gasteiger partial charge on any atom is 0.325 e. The van der Waals surface area contributed by atoms with Crippen LogP contribution >= 0.6 is 0 Å². The molecule has 0 aromatic carbocycles. The summed E-state index contributed by atoms with van der Waals surface area (Å²) in [7, 11) is 0. The molecule has 0 bridgehead atoms. The van der Waals surface area contributed by atoms with Crippen molar-refractivity contribution in [3.05, 3.63) is 0 Å². The van der Waals surface area contributed by atoms with Crippen LogP contribution in [0.25, 0.3) is 0 Å². The van der Waals surface area contributed by atoms with Crippen molar-refractivity contribution >= 4 is 18.0 Å².